The lowest BCUT2D eigenvalue weighted by Gasteiger charge is -2.27. The molecule has 1 fully saturated rings. The molecule has 1 atom stereocenters. The highest BCUT2D eigenvalue weighted by molar-refractivity contribution is 6.07. The molecule has 2 aromatic rings. The first kappa shape index (κ1) is 16.9. The second kappa shape index (κ2) is 6.15. The molecule has 0 aliphatic carbocycles. The maximum Gasteiger partial charge on any atom is 0.325 e. The van der Waals surface area contributed by atoms with Crippen molar-refractivity contribution in [3.05, 3.63) is 30.4 Å². The number of hydrogen-bond acceptors (Lipinski definition) is 5. The topological polar surface area (TPSA) is 109 Å². The first-order valence-corrected chi connectivity index (χ1v) is 8.05. The molecule has 1 aliphatic rings. The lowest BCUT2D eigenvalue weighted by Crippen LogP contribution is -2.49. The zero-order chi connectivity index (χ0) is 18.2. The molecule has 25 heavy (non-hydrogen) atoms. The summed E-state index contributed by atoms with van der Waals surface area (Å²) in [5.41, 5.74) is -0.362. The van der Waals surface area contributed by atoms with Gasteiger partial charge in [0.1, 0.15) is 12.1 Å². The Hall–Kier alpha value is -2.97. The van der Waals surface area contributed by atoms with Gasteiger partial charge in [0.25, 0.3) is 5.91 Å². The summed E-state index contributed by atoms with van der Waals surface area (Å²) in [7, 11) is 0. The number of aromatic nitrogens is 3. The molecule has 0 saturated carbocycles. The van der Waals surface area contributed by atoms with Gasteiger partial charge in [0.15, 0.2) is 0 Å². The Kier molecular flexibility index (Phi) is 4.15. The van der Waals surface area contributed by atoms with Crippen molar-refractivity contribution in [2.45, 2.75) is 38.8 Å². The third-order valence-corrected chi connectivity index (χ3v) is 4.35. The maximum absolute atomic E-state index is 12.4. The molecule has 4 amide bonds. The molecule has 2 N–H and O–H groups in total. The van der Waals surface area contributed by atoms with E-state index in [4.69, 9.17) is 0 Å². The Balaban J connectivity index is 1.72. The van der Waals surface area contributed by atoms with Gasteiger partial charge in [-0.3, -0.25) is 19.3 Å². The number of fused-ring (bicyclic) bond motifs is 1. The van der Waals surface area contributed by atoms with Gasteiger partial charge in [-0.1, -0.05) is 6.92 Å². The van der Waals surface area contributed by atoms with Crippen molar-refractivity contribution in [1.29, 1.82) is 0 Å². The smallest absolute Gasteiger partial charge is 0.325 e. The second-order valence-corrected chi connectivity index (χ2v) is 6.43. The van der Waals surface area contributed by atoms with E-state index >= 15 is 0 Å². The number of imidazole rings is 1. The van der Waals surface area contributed by atoms with E-state index in [9.17, 15) is 14.4 Å². The molecule has 0 unspecified atom stereocenters. The standard InChI is InChI=1S/C16H20N6O3/c1-4-10(11-8-21-7-5-6-17-14(21)19-11)18-12(23)9-22-15(25)20-13(24)16(22,2)3/h5-8,10H,4,9H2,1-3H3,(H,18,23)(H,20,24,25)/t10-/m0/s1. The summed E-state index contributed by atoms with van der Waals surface area (Å²) < 4.78 is 1.78. The fourth-order valence-electron chi connectivity index (χ4n) is 2.75. The summed E-state index contributed by atoms with van der Waals surface area (Å²) in [5.74, 6) is -0.214. The largest absolute Gasteiger partial charge is 0.346 e. The first-order chi connectivity index (χ1) is 11.8. The van der Waals surface area contributed by atoms with Crippen molar-refractivity contribution >= 4 is 23.6 Å². The van der Waals surface area contributed by atoms with E-state index in [0.717, 1.165) is 0 Å². The predicted octanol–water partition coefficient (Wildman–Crippen LogP) is 0.627. The van der Waals surface area contributed by atoms with Gasteiger partial charge < -0.3 is 10.2 Å². The number of hydrogen-bond donors (Lipinski definition) is 2. The lowest BCUT2D eigenvalue weighted by atomic mass is 10.0. The highest BCUT2D eigenvalue weighted by atomic mass is 16.2. The number of imide groups is 1. The second-order valence-electron chi connectivity index (χ2n) is 6.43. The van der Waals surface area contributed by atoms with Crippen LogP contribution in [0.3, 0.4) is 0 Å². The summed E-state index contributed by atoms with van der Waals surface area (Å²) in [5, 5.41) is 5.09. The van der Waals surface area contributed by atoms with Gasteiger partial charge in [0.2, 0.25) is 11.7 Å². The van der Waals surface area contributed by atoms with E-state index in [2.05, 4.69) is 20.6 Å². The van der Waals surface area contributed by atoms with E-state index in [0.29, 0.717) is 17.9 Å². The number of carbonyl (C=O) groups is 3. The molecule has 1 saturated heterocycles. The van der Waals surface area contributed by atoms with Crippen molar-refractivity contribution in [3.63, 3.8) is 0 Å². The molecule has 0 aromatic carbocycles. The van der Waals surface area contributed by atoms with Crippen molar-refractivity contribution in [2.75, 3.05) is 6.54 Å². The summed E-state index contributed by atoms with van der Waals surface area (Å²) in [6, 6.07) is 0.928. The van der Waals surface area contributed by atoms with E-state index in [1.165, 1.54) is 4.90 Å². The van der Waals surface area contributed by atoms with Gasteiger partial charge in [0, 0.05) is 18.6 Å². The average molecular weight is 344 g/mol. The van der Waals surface area contributed by atoms with Gasteiger partial charge in [-0.2, -0.15) is 0 Å². The Morgan fingerprint density at radius 1 is 1.40 bits per heavy atom. The zero-order valence-electron chi connectivity index (χ0n) is 14.3. The van der Waals surface area contributed by atoms with Gasteiger partial charge in [-0.05, 0) is 26.3 Å². The summed E-state index contributed by atoms with van der Waals surface area (Å²) in [6.07, 6.45) is 5.92. The molecule has 2 aromatic heterocycles. The number of nitrogens with one attached hydrogen (secondary N) is 2. The molecule has 132 valence electrons. The van der Waals surface area contributed by atoms with Crippen LogP contribution in [0.2, 0.25) is 0 Å². The van der Waals surface area contributed by atoms with Crippen LogP contribution in [-0.4, -0.2) is 49.2 Å². The molecule has 3 heterocycles. The highest BCUT2D eigenvalue weighted by Gasteiger charge is 2.46. The van der Waals surface area contributed by atoms with Crippen LogP contribution in [0.5, 0.6) is 0 Å². The van der Waals surface area contributed by atoms with Crippen LogP contribution in [0.1, 0.15) is 38.9 Å². The molecule has 0 spiro atoms. The quantitative estimate of drug-likeness (QED) is 0.773. The first-order valence-electron chi connectivity index (χ1n) is 8.05. The van der Waals surface area contributed by atoms with E-state index < -0.39 is 17.5 Å². The van der Waals surface area contributed by atoms with Crippen molar-refractivity contribution in [1.82, 2.24) is 29.9 Å². The van der Waals surface area contributed by atoms with Crippen molar-refractivity contribution in [2.24, 2.45) is 0 Å². The van der Waals surface area contributed by atoms with Gasteiger partial charge >= 0.3 is 6.03 Å². The normalized spacial score (nSPS) is 17.6. The van der Waals surface area contributed by atoms with Crippen LogP contribution >= 0.6 is 0 Å². The summed E-state index contributed by atoms with van der Waals surface area (Å²) >= 11 is 0. The Morgan fingerprint density at radius 3 is 2.76 bits per heavy atom. The van der Waals surface area contributed by atoms with Gasteiger partial charge in [-0.25, -0.2) is 14.8 Å². The fraction of sp³-hybridized carbons (Fsp3) is 0.438. The van der Waals surface area contributed by atoms with Crippen molar-refractivity contribution < 1.29 is 14.4 Å². The third-order valence-electron chi connectivity index (χ3n) is 4.35. The fourth-order valence-corrected chi connectivity index (χ4v) is 2.75. The maximum atomic E-state index is 12.4. The van der Waals surface area contributed by atoms with E-state index in [-0.39, 0.29) is 18.5 Å². The monoisotopic (exact) mass is 344 g/mol. The van der Waals surface area contributed by atoms with Crippen molar-refractivity contribution in [3.8, 4) is 0 Å². The minimum atomic E-state index is -1.05. The molecule has 9 heteroatoms. The summed E-state index contributed by atoms with van der Waals surface area (Å²) in [4.78, 5) is 45.8. The van der Waals surface area contributed by atoms with E-state index in [1.54, 1.807) is 30.5 Å². The average Bonchev–Trinajstić information content (AvgIpc) is 3.07. The molecule has 0 radical (unpaired) electrons. The van der Waals surface area contributed by atoms with Crippen LogP contribution in [0.25, 0.3) is 5.78 Å². The van der Waals surface area contributed by atoms with Gasteiger partial charge in [0.05, 0.1) is 11.7 Å². The Bertz CT molecular complexity index is 810. The molecular formula is C16H20N6O3. The molecule has 9 nitrogen and oxygen atoms in total. The molecule has 3 rings (SSSR count). The van der Waals surface area contributed by atoms with E-state index in [1.807, 2.05) is 19.3 Å². The number of carbonyl (C=O) groups excluding carboxylic acids is 3. The number of amides is 4. The molecule has 1 aliphatic heterocycles. The molecular weight excluding hydrogens is 324 g/mol. The zero-order valence-corrected chi connectivity index (χ0v) is 14.3. The third kappa shape index (κ3) is 3.04. The minimum Gasteiger partial charge on any atom is -0.346 e. The highest BCUT2D eigenvalue weighted by Crippen LogP contribution is 2.21. The van der Waals surface area contributed by atoms with Crippen LogP contribution in [-0.2, 0) is 9.59 Å². The SMILES string of the molecule is CC[C@H](NC(=O)CN1C(=O)NC(=O)C1(C)C)c1cn2cccnc2n1. The Labute approximate surface area is 144 Å². The number of nitrogens with zero attached hydrogens (tertiary/aromatic N) is 4. The number of rotatable bonds is 5. The van der Waals surface area contributed by atoms with Crippen LogP contribution in [0, 0.1) is 0 Å². The van der Waals surface area contributed by atoms with Crippen LogP contribution in [0.15, 0.2) is 24.7 Å². The van der Waals surface area contributed by atoms with Crippen LogP contribution in [0.4, 0.5) is 4.79 Å². The molecule has 0 bridgehead atoms. The predicted molar refractivity (Wildman–Crippen MR) is 88.5 cm³/mol. The Morgan fingerprint density at radius 2 is 2.16 bits per heavy atom. The van der Waals surface area contributed by atoms with Gasteiger partial charge in [-0.15, -0.1) is 0 Å². The van der Waals surface area contributed by atoms with Crippen LogP contribution < -0.4 is 10.6 Å². The summed E-state index contributed by atoms with van der Waals surface area (Å²) in [6.45, 7) is 4.93. The number of urea groups is 1. The minimum absolute atomic E-state index is 0.202. The lowest BCUT2D eigenvalue weighted by molar-refractivity contribution is -0.127.